The molecule has 36 heavy (non-hydrogen) atoms. The number of halogens is 2. The average Bonchev–Trinajstić information content (AvgIpc) is 2.86. The molecule has 7 nitrogen and oxygen atoms in total. The zero-order valence-corrected chi connectivity index (χ0v) is 23.6. The van der Waals surface area contributed by atoms with Crippen LogP contribution in [0.5, 0.6) is 0 Å². The lowest BCUT2D eigenvalue weighted by molar-refractivity contribution is -0.139. The summed E-state index contributed by atoms with van der Waals surface area (Å²) in [4.78, 5) is 27.8. The van der Waals surface area contributed by atoms with Gasteiger partial charge < -0.3 is 10.2 Å². The van der Waals surface area contributed by atoms with Crippen molar-refractivity contribution in [1.29, 1.82) is 0 Å². The first-order valence-corrected chi connectivity index (χ1v) is 14.2. The summed E-state index contributed by atoms with van der Waals surface area (Å²) in [5.41, 5.74) is 1.07. The third-order valence-corrected chi connectivity index (χ3v) is 8.23. The normalized spacial score (nSPS) is 12.0. The molecule has 0 saturated heterocycles. The zero-order chi connectivity index (χ0) is 26.3. The molecule has 0 aromatic heterocycles. The van der Waals surface area contributed by atoms with Gasteiger partial charge in [0.2, 0.25) is 11.8 Å². The van der Waals surface area contributed by atoms with Crippen LogP contribution in [0.1, 0.15) is 19.4 Å². The lowest BCUT2D eigenvalue weighted by atomic mass is 10.1. The van der Waals surface area contributed by atoms with Crippen molar-refractivity contribution in [1.82, 2.24) is 10.2 Å². The van der Waals surface area contributed by atoms with Crippen LogP contribution in [0.15, 0.2) is 83.8 Å². The molecule has 0 aliphatic heterocycles. The third kappa shape index (κ3) is 6.98. The number of carbonyl (C=O) groups is 2. The second-order valence-electron chi connectivity index (χ2n) is 8.02. The predicted molar refractivity (Wildman–Crippen MR) is 150 cm³/mol. The second kappa shape index (κ2) is 12.6. The fourth-order valence-electron chi connectivity index (χ4n) is 3.59. The molecule has 1 atom stereocenters. The van der Waals surface area contributed by atoms with Gasteiger partial charge in [0, 0.05) is 21.7 Å². The first-order chi connectivity index (χ1) is 17.1. The minimum absolute atomic E-state index is 0.0644. The van der Waals surface area contributed by atoms with E-state index in [0.717, 1.165) is 13.4 Å². The van der Waals surface area contributed by atoms with Crippen LogP contribution in [0.25, 0.3) is 0 Å². The van der Waals surface area contributed by atoms with Gasteiger partial charge in [0.1, 0.15) is 12.6 Å². The highest BCUT2D eigenvalue weighted by atomic mass is 127. The fourth-order valence-corrected chi connectivity index (χ4v) is 5.60. The van der Waals surface area contributed by atoms with Gasteiger partial charge in [0.15, 0.2) is 0 Å². The summed E-state index contributed by atoms with van der Waals surface area (Å²) in [5, 5.41) is 3.23. The van der Waals surface area contributed by atoms with Gasteiger partial charge in [0.05, 0.1) is 10.6 Å². The van der Waals surface area contributed by atoms with Crippen LogP contribution in [-0.2, 0) is 26.2 Å². The highest BCUT2D eigenvalue weighted by Crippen LogP contribution is 2.25. The molecule has 10 heteroatoms. The molecule has 0 unspecified atom stereocenters. The number of amides is 2. The fraction of sp³-hybridized carbons (Fsp3) is 0.231. The number of nitrogens with one attached hydrogen (secondary N) is 1. The van der Waals surface area contributed by atoms with Crippen LogP contribution in [0, 0.1) is 3.57 Å². The maximum absolute atomic E-state index is 13.7. The van der Waals surface area contributed by atoms with Crippen molar-refractivity contribution < 1.29 is 18.0 Å². The standard InChI is InChI=1S/C26H27ClIN3O4S/c1-3-29-26(33)19(2)30(17-20-8-7-9-21(27)16-20)25(32)18-31(23-14-12-22(28)13-15-23)36(34,35)24-10-5-4-6-11-24/h4-16,19H,3,17-18H2,1-2H3,(H,29,33)/t19-/m0/s1. The number of sulfonamides is 1. The maximum atomic E-state index is 13.7. The Morgan fingerprint density at radius 3 is 2.28 bits per heavy atom. The highest BCUT2D eigenvalue weighted by Gasteiger charge is 2.32. The predicted octanol–water partition coefficient (Wildman–Crippen LogP) is 4.69. The van der Waals surface area contributed by atoms with Crippen LogP contribution in [0.2, 0.25) is 5.02 Å². The van der Waals surface area contributed by atoms with E-state index in [1.165, 1.54) is 17.0 Å². The van der Waals surface area contributed by atoms with Crippen LogP contribution >= 0.6 is 34.2 Å². The van der Waals surface area contributed by atoms with Gasteiger partial charge in [-0.25, -0.2) is 8.42 Å². The number of benzene rings is 3. The van der Waals surface area contributed by atoms with Crippen molar-refractivity contribution in [3.8, 4) is 0 Å². The Morgan fingerprint density at radius 1 is 1.00 bits per heavy atom. The molecule has 0 aliphatic rings. The lowest BCUT2D eigenvalue weighted by Crippen LogP contribution is -2.51. The summed E-state index contributed by atoms with van der Waals surface area (Å²) in [7, 11) is -4.07. The Labute approximate surface area is 230 Å². The summed E-state index contributed by atoms with van der Waals surface area (Å²) < 4.78 is 29.3. The van der Waals surface area contributed by atoms with Crippen molar-refractivity contribution >= 4 is 61.7 Å². The van der Waals surface area contributed by atoms with Gasteiger partial charge in [-0.1, -0.05) is 41.9 Å². The molecular formula is C26H27ClIN3O4S. The molecule has 0 aliphatic carbocycles. The van der Waals surface area contributed by atoms with E-state index in [1.807, 2.05) is 0 Å². The second-order valence-corrected chi connectivity index (χ2v) is 11.6. The zero-order valence-electron chi connectivity index (χ0n) is 19.9. The number of rotatable bonds is 10. The van der Waals surface area contributed by atoms with Crippen molar-refractivity contribution in [2.75, 3.05) is 17.4 Å². The molecule has 0 radical (unpaired) electrons. The first kappa shape index (κ1) is 27.9. The lowest BCUT2D eigenvalue weighted by Gasteiger charge is -2.32. The molecule has 3 aromatic rings. The highest BCUT2D eigenvalue weighted by molar-refractivity contribution is 14.1. The number of carbonyl (C=O) groups excluding carboxylic acids is 2. The summed E-state index contributed by atoms with van der Waals surface area (Å²) in [6.07, 6.45) is 0. The van der Waals surface area contributed by atoms with E-state index in [-0.39, 0.29) is 17.3 Å². The van der Waals surface area contributed by atoms with Crippen LogP contribution in [0.3, 0.4) is 0 Å². The van der Waals surface area contributed by atoms with E-state index in [4.69, 9.17) is 11.6 Å². The number of hydrogen-bond donors (Lipinski definition) is 1. The Bertz CT molecular complexity index is 1300. The quantitative estimate of drug-likeness (QED) is 0.326. The van der Waals surface area contributed by atoms with E-state index in [1.54, 1.807) is 80.6 Å². The van der Waals surface area contributed by atoms with Crippen LogP contribution in [0.4, 0.5) is 5.69 Å². The third-order valence-electron chi connectivity index (χ3n) is 5.48. The SMILES string of the molecule is CCNC(=O)[C@H](C)N(Cc1cccc(Cl)c1)C(=O)CN(c1ccc(I)cc1)S(=O)(=O)c1ccccc1. The molecule has 3 rings (SSSR count). The first-order valence-electron chi connectivity index (χ1n) is 11.3. The Hall–Kier alpha value is -2.63. The van der Waals surface area contributed by atoms with Crippen molar-refractivity contribution in [2.24, 2.45) is 0 Å². The molecule has 3 aromatic carbocycles. The molecule has 0 fully saturated rings. The average molecular weight is 640 g/mol. The van der Waals surface area contributed by atoms with Gasteiger partial charge in [-0.2, -0.15) is 0 Å². The monoisotopic (exact) mass is 639 g/mol. The molecule has 2 amide bonds. The number of anilines is 1. The Kier molecular flexibility index (Phi) is 9.75. The van der Waals surface area contributed by atoms with E-state index < -0.39 is 28.5 Å². The molecule has 0 spiro atoms. The smallest absolute Gasteiger partial charge is 0.264 e. The van der Waals surface area contributed by atoms with Crippen LogP contribution < -0.4 is 9.62 Å². The summed E-state index contributed by atoms with van der Waals surface area (Å²) >= 11 is 8.26. The van der Waals surface area contributed by atoms with E-state index in [9.17, 15) is 18.0 Å². The minimum Gasteiger partial charge on any atom is -0.355 e. The minimum atomic E-state index is -4.07. The number of hydrogen-bond acceptors (Lipinski definition) is 4. The van der Waals surface area contributed by atoms with Crippen molar-refractivity contribution in [2.45, 2.75) is 31.3 Å². The molecular weight excluding hydrogens is 613 g/mol. The summed E-state index contributed by atoms with van der Waals surface area (Å²) in [6.45, 7) is 3.41. The summed E-state index contributed by atoms with van der Waals surface area (Å²) in [6, 6.07) is 21.0. The topological polar surface area (TPSA) is 86.8 Å². The number of nitrogens with zero attached hydrogens (tertiary/aromatic N) is 2. The molecule has 1 N–H and O–H groups in total. The molecule has 0 saturated carbocycles. The van der Waals surface area contributed by atoms with E-state index >= 15 is 0 Å². The summed E-state index contributed by atoms with van der Waals surface area (Å²) in [5.74, 6) is -0.855. The Morgan fingerprint density at radius 2 is 1.67 bits per heavy atom. The van der Waals surface area contributed by atoms with E-state index in [2.05, 4.69) is 27.9 Å². The van der Waals surface area contributed by atoms with Gasteiger partial charge in [-0.15, -0.1) is 0 Å². The Balaban J connectivity index is 2.01. The maximum Gasteiger partial charge on any atom is 0.264 e. The van der Waals surface area contributed by atoms with Crippen molar-refractivity contribution in [3.05, 3.63) is 93.0 Å². The van der Waals surface area contributed by atoms with Gasteiger partial charge in [-0.05, 0) is 90.5 Å². The van der Waals surface area contributed by atoms with Crippen LogP contribution in [-0.4, -0.2) is 44.3 Å². The molecule has 0 bridgehead atoms. The van der Waals surface area contributed by atoms with Crippen molar-refractivity contribution in [3.63, 3.8) is 0 Å². The van der Waals surface area contributed by atoms with E-state index in [0.29, 0.717) is 17.3 Å². The number of likely N-dealkylation sites (N-methyl/N-ethyl adjacent to an activating group) is 1. The molecule has 190 valence electrons. The van der Waals surface area contributed by atoms with Gasteiger partial charge in [0.25, 0.3) is 10.0 Å². The molecule has 0 heterocycles. The largest absolute Gasteiger partial charge is 0.355 e. The van der Waals surface area contributed by atoms with Gasteiger partial charge in [-0.3, -0.25) is 13.9 Å². The van der Waals surface area contributed by atoms with Gasteiger partial charge >= 0.3 is 0 Å².